The van der Waals surface area contributed by atoms with Gasteiger partial charge in [-0.15, -0.1) is 0 Å². The maximum Gasteiger partial charge on any atom is 0.293 e. The number of ether oxygens (including phenoxy) is 1. The predicted molar refractivity (Wildman–Crippen MR) is 70.3 cm³/mol. The third-order valence-electron chi connectivity index (χ3n) is 2.31. The minimum Gasteiger partial charge on any atom is -0.477 e. The standard InChI is InChI=1S/C13H14N4O2/c1-8(2)6-19-13-11-9(3-4-10(14)18)5-15-12(11)16-7-17-13/h5,7-8H,6H2,1-2H3,(H2,14,18)(H,15,16,17). The number of nitrogens with zero attached hydrogens (tertiary/aromatic N) is 2. The van der Waals surface area contributed by atoms with Crippen molar-refractivity contribution in [1.29, 1.82) is 0 Å². The Morgan fingerprint density at radius 3 is 3.00 bits per heavy atom. The largest absolute Gasteiger partial charge is 0.477 e. The van der Waals surface area contributed by atoms with Crippen LogP contribution in [0.25, 0.3) is 11.0 Å². The summed E-state index contributed by atoms with van der Waals surface area (Å²) >= 11 is 0. The molecule has 0 radical (unpaired) electrons. The first-order valence-electron chi connectivity index (χ1n) is 5.84. The van der Waals surface area contributed by atoms with E-state index in [9.17, 15) is 4.79 Å². The summed E-state index contributed by atoms with van der Waals surface area (Å²) in [7, 11) is 0. The van der Waals surface area contributed by atoms with E-state index in [-0.39, 0.29) is 0 Å². The van der Waals surface area contributed by atoms with Gasteiger partial charge in [-0.05, 0) is 5.92 Å². The summed E-state index contributed by atoms with van der Waals surface area (Å²) in [6, 6.07) is 0. The molecule has 6 nitrogen and oxygen atoms in total. The Kier molecular flexibility index (Phi) is 3.66. The van der Waals surface area contributed by atoms with E-state index in [0.29, 0.717) is 35.0 Å². The molecule has 98 valence electrons. The number of hydrogen-bond acceptors (Lipinski definition) is 4. The quantitative estimate of drug-likeness (QED) is 0.797. The molecule has 2 rings (SSSR count). The minimum atomic E-state index is -0.684. The van der Waals surface area contributed by atoms with Gasteiger partial charge in [-0.25, -0.2) is 9.97 Å². The van der Waals surface area contributed by atoms with Crippen molar-refractivity contribution in [1.82, 2.24) is 15.0 Å². The van der Waals surface area contributed by atoms with Crippen molar-refractivity contribution in [2.45, 2.75) is 13.8 Å². The van der Waals surface area contributed by atoms with Gasteiger partial charge in [0.25, 0.3) is 5.91 Å². The molecule has 0 atom stereocenters. The number of carbonyl (C=O) groups is 1. The fraction of sp³-hybridized carbons (Fsp3) is 0.308. The molecule has 0 bridgehead atoms. The Hall–Kier alpha value is -2.55. The lowest BCUT2D eigenvalue weighted by molar-refractivity contribution is -0.112. The highest BCUT2D eigenvalue weighted by Gasteiger charge is 2.11. The number of nitrogens with two attached hydrogens (primary N) is 1. The van der Waals surface area contributed by atoms with E-state index in [2.05, 4.69) is 26.8 Å². The van der Waals surface area contributed by atoms with Crippen LogP contribution in [0.3, 0.4) is 0 Å². The molecule has 0 aliphatic heterocycles. The van der Waals surface area contributed by atoms with Gasteiger partial charge in [0.1, 0.15) is 12.0 Å². The van der Waals surface area contributed by atoms with Gasteiger partial charge in [0.05, 0.1) is 17.6 Å². The molecule has 6 heteroatoms. The molecule has 0 aromatic carbocycles. The molecule has 0 unspecified atom stereocenters. The number of aromatic nitrogens is 3. The van der Waals surface area contributed by atoms with Gasteiger partial charge in [-0.2, -0.15) is 0 Å². The van der Waals surface area contributed by atoms with Crippen LogP contribution in [0.5, 0.6) is 5.88 Å². The summed E-state index contributed by atoms with van der Waals surface area (Å²) < 4.78 is 5.63. The molecule has 1 amide bonds. The van der Waals surface area contributed by atoms with Crippen LogP contribution in [0, 0.1) is 17.8 Å². The molecule has 2 aromatic rings. The maximum absolute atomic E-state index is 10.7. The van der Waals surface area contributed by atoms with E-state index >= 15 is 0 Å². The monoisotopic (exact) mass is 258 g/mol. The predicted octanol–water partition coefficient (Wildman–Crippen LogP) is 0.829. The van der Waals surface area contributed by atoms with E-state index in [4.69, 9.17) is 10.5 Å². The first-order chi connectivity index (χ1) is 9.08. The highest BCUT2D eigenvalue weighted by molar-refractivity contribution is 5.95. The SMILES string of the molecule is CC(C)COc1ncnc2[nH]cc(C#CC(N)=O)c12. The molecule has 0 saturated carbocycles. The Labute approximate surface area is 110 Å². The zero-order valence-corrected chi connectivity index (χ0v) is 10.7. The molecule has 0 aliphatic rings. The minimum absolute atomic E-state index is 0.379. The Balaban J connectivity index is 2.44. The first-order valence-corrected chi connectivity index (χ1v) is 5.84. The fourth-order valence-corrected chi connectivity index (χ4v) is 1.52. The fourth-order valence-electron chi connectivity index (χ4n) is 1.52. The molecule has 3 N–H and O–H groups in total. The summed E-state index contributed by atoms with van der Waals surface area (Å²) in [6.07, 6.45) is 3.07. The lowest BCUT2D eigenvalue weighted by atomic mass is 10.2. The highest BCUT2D eigenvalue weighted by atomic mass is 16.5. The molecular weight excluding hydrogens is 244 g/mol. The van der Waals surface area contributed by atoms with Gasteiger partial charge in [-0.3, -0.25) is 4.79 Å². The van der Waals surface area contributed by atoms with Crippen molar-refractivity contribution in [2.75, 3.05) is 6.61 Å². The summed E-state index contributed by atoms with van der Waals surface area (Å²) in [5.74, 6) is 5.12. The Morgan fingerprint density at radius 1 is 1.53 bits per heavy atom. The summed E-state index contributed by atoms with van der Waals surface area (Å²) in [5.41, 5.74) is 6.21. The normalized spacial score (nSPS) is 10.3. The Morgan fingerprint density at radius 2 is 2.32 bits per heavy atom. The number of hydrogen-bond donors (Lipinski definition) is 2. The second-order valence-corrected chi connectivity index (χ2v) is 4.42. The Bertz CT molecular complexity index is 664. The molecule has 0 aliphatic carbocycles. The third-order valence-corrected chi connectivity index (χ3v) is 2.31. The van der Waals surface area contributed by atoms with Gasteiger partial charge in [0.15, 0.2) is 0 Å². The number of carbonyl (C=O) groups excluding carboxylic acids is 1. The number of amides is 1. The maximum atomic E-state index is 10.7. The summed E-state index contributed by atoms with van der Waals surface area (Å²) in [4.78, 5) is 21.8. The van der Waals surface area contributed by atoms with E-state index in [1.807, 2.05) is 13.8 Å². The first kappa shape index (κ1) is 12.9. The topological polar surface area (TPSA) is 93.9 Å². The number of primary amides is 1. The van der Waals surface area contributed by atoms with Crippen LogP contribution in [0.1, 0.15) is 19.4 Å². The van der Waals surface area contributed by atoms with Crippen LogP contribution in [0.15, 0.2) is 12.5 Å². The second-order valence-electron chi connectivity index (χ2n) is 4.42. The summed E-state index contributed by atoms with van der Waals surface area (Å²) in [5, 5.41) is 0.664. The van der Waals surface area contributed by atoms with Crippen molar-refractivity contribution in [3.8, 4) is 17.7 Å². The third kappa shape index (κ3) is 3.01. The van der Waals surface area contributed by atoms with Crippen molar-refractivity contribution in [3.05, 3.63) is 18.1 Å². The second kappa shape index (κ2) is 5.40. The molecule has 0 fully saturated rings. The van der Waals surface area contributed by atoms with Crippen molar-refractivity contribution >= 4 is 16.9 Å². The average molecular weight is 258 g/mol. The molecular formula is C13H14N4O2. The van der Waals surface area contributed by atoms with E-state index < -0.39 is 5.91 Å². The van der Waals surface area contributed by atoms with Gasteiger partial charge in [0, 0.05) is 12.1 Å². The van der Waals surface area contributed by atoms with Crippen LogP contribution >= 0.6 is 0 Å². The van der Waals surface area contributed by atoms with Crippen molar-refractivity contribution in [3.63, 3.8) is 0 Å². The van der Waals surface area contributed by atoms with Gasteiger partial charge >= 0.3 is 0 Å². The smallest absolute Gasteiger partial charge is 0.293 e. The molecule has 19 heavy (non-hydrogen) atoms. The lowest BCUT2D eigenvalue weighted by Gasteiger charge is -2.08. The number of fused-ring (bicyclic) bond motifs is 1. The van der Waals surface area contributed by atoms with Crippen LogP contribution in [-0.2, 0) is 4.79 Å². The molecule has 2 aromatic heterocycles. The molecule has 0 saturated heterocycles. The molecule has 0 spiro atoms. The number of aromatic amines is 1. The van der Waals surface area contributed by atoms with Crippen LogP contribution in [0.4, 0.5) is 0 Å². The highest BCUT2D eigenvalue weighted by Crippen LogP contribution is 2.24. The number of H-pyrrole nitrogens is 1. The van der Waals surface area contributed by atoms with Gasteiger partial charge < -0.3 is 15.5 Å². The van der Waals surface area contributed by atoms with E-state index in [0.717, 1.165) is 0 Å². The van der Waals surface area contributed by atoms with Crippen molar-refractivity contribution < 1.29 is 9.53 Å². The molecule has 2 heterocycles. The summed E-state index contributed by atoms with van der Waals surface area (Å²) in [6.45, 7) is 4.63. The number of rotatable bonds is 3. The van der Waals surface area contributed by atoms with Gasteiger partial charge in [0.2, 0.25) is 5.88 Å². The zero-order valence-electron chi connectivity index (χ0n) is 10.7. The average Bonchev–Trinajstić information content (AvgIpc) is 2.77. The van der Waals surface area contributed by atoms with Crippen LogP contribution in [0.2, 0.25) is 0 Å². The lowest BCUT2D eigenvalue weighted by Crippen LogP contribution is -2.07. The zero-order chi connectivity index (χ0) is 13.8. The van der Waals surface area contributed by atoms with Crippen LogP contribution < -0.4 is 10.5 Å². The van der Waals surface area contributed by atoms with Crippen LogP contribution in [-0.4, -0.2) is 27.5 Å². The van der Waals surface area contributed by atoms with Crippen molar-refractivity contribution in [2.24, 2.45) is 11.7 Å². The number of nitrogens with one attached hydrogen (secondary N) is 1. The van der Waals surface area contributed by atoms with E-state index in [1.165, 1.54) is 6.33 Å². The van der Waals surface area contributed by atoms with Gasteiger partial charge in [-0.1, -0.05) is 19.8 Å². The van der Waals surface area contributed by atoms with E-state index in [1.54, 1.807) is 6.20 Å².